The van der Waals surface area contributed by atoms with Crippen LogP contribution in [-0.4, -0.2) is 40.5 Å². The van der Waals surface area contributed by atoms with E-state index in [-0.39, 0.29) is 29.0 Å². The van der Waals surface area contributed by atoms with Crippen LogP contribution in [0.5, 0.6) is 0 Å². The number of likely N-dealkylation sites (tertiary alicyclic amines) is 1. The van der Waals surface area contributed by atoms with Crippen LogP contribution in [0.4, 0.5) is 0 Å². The van der Waals surface area contributed by atoms with E-state index in [0.717, 1.165) is 25.9 Å². The molecule has 0 spiro atoms. The van der Waals surface area contributed by atoms with E-state index in [1.807, 2.05) is 12.1 Å². The van der Waals surface area contributed by atoms with Gasteiger partial charge in [0.05, 0.1) is 5.56 Å². The van der Waals surface area contributed by atoms with Gasteiger partial charge in [0.1, 0.15) is 11.0 Å². The largest absolute Gasteiger partial charge is 0.590 e. The molecule has 24 heavy (non-hydrogen) atoms. The van der Waals surface area contributed by atoms with E-state index in [9.17, 15) is 14.5 Å². The molecule has 4 nitrogen and oxygen atoms in total. The van der Waals surface area contributed by atoms with Gasteiger partial charge in [0.25, 0.3) is 0 Å². The van der Waals surface area contributed by atoms with E-state index in [1.165, 1.54) is 5.38 Å². The molecule has 2 heterocycles. The zero-order valence-corrected chi connectivity index (χ0v) is 15.0. The minimum Gasteiger partial charge on any atom is -0.590 e. The van der Waals surface area contributed by atoms with E-state index < -0.39 is 16.4 Å². The van der Waals surface area contributed by atoms with E-state index >= 15 is 0 Å². The molecule has 1 aliphatic heterocycles. The van der Waals surface area contributed by atoms with Crippen molar-refractivity contribution in [2.75, 3.05) is 20.1 Å². The second kappa shape index (κ2) is 6.24. The maximum absolute atomic E-state index is 12.7. The Labute approximate surface area is 150 Å². The summed E-state index contributed by atoms with van der Waals surface area (Å²) in [6.45, 7) is 1.83. The summed E-state index contributed by atoms with van der Waals surface area (Å²) in [5.41, 5.74) is 0.490. The minimum absolute atomic E-state index is 0. The van der Waals surface area contributed by atoms with Crippen molar-refractivity contribution in [3.8, 4) is 0 Å². The Morgan fingerprint density at radius 2 is 1.88 bits per heavy atom. The summed E-state index contributed by atoms with van der Waals surface area (Å²) in [5, 5.41) is 13.2. The lowest BCUT2D eigenvalue weighted by atomic mass is 9.67. The average molecular weight is 366 g/mol. The summed E-state index contributed by atoms with van der Waals surface area (Å²) in [7, 11) is 0.622. The van der Waals surface area contributed by atoms with E-state index in [1.54, 1.807) is 18.2 Å². The quantitative estimate of drug-likeness (QED) is 0.789. The lowest BCUT2D eigenvalue weighted by Gasteiger charge is -2.42. The van der Waals surface area contributed by atoms with Crippen LogP contribution in [0.2, 0.25) is 0 Å². The maximum atomic E-state index is 12.7. The Balaban J connectivity index is 0.00000169. The SMILES string of the molecule is CN1CCC(C2(O)c3ccccc3C(=O)c3c2cc[s+]3[O-])CC1.Cl. The highest BCUT2D eigenvalue weighted by atomic mass is 35.5. The number of fused-ring (bicyclic) bond motifs is 2. The molecule has 0 radical (unpaired) electrons. The number of carbonyl (C=O) groups excluding carboxylic acids is 1. The number of rotatable bonds is 1. The minimum atomic E-state index is -1.46. The van der Waals surface area contributed by atoms with Crippen molar-refractivity contribution in [2.45, 2.75) is 18.4 Å². The number of piperidine rings is 1. The van der Waals surface area contributed by atoms with E-state index in [2.05, 4.69) is 11.9 Å². The van der Waals surface area contributed by atoms with Crippen LogP contribution in [0.1, 0.15) is 39.2 Å². The van der Waals surface area contributed by atoms with Crippen LogP contribution in [-0.2, 0) is 5.60 Å². The molecule has 2 atom stereocenters. The number of nitrogens with zero attached hydrogens (tertiary/aromatic N) is 1. The van der Waals surface area contributed by atoms with Gasteiger partial charge in [0.15, 0.2) is 0 Å². The van der Waals surface area contributed by atoms with Gasteiger partial charge in [-0.1, -0.05) is 24.3 Å². The molecule has 128 valence electrons. The molecule has 1 aromatic carbocycles. The lowest BCUT2D eigenvalue weighted by Crippen LogP contribution is -2.46. The predicted molar refractivity (Wildman–Crippen MR) is 95.4 cm³/mol. The number of hydrogen-bond donors (Lipinski definition) is 1. The summed E-state index contributed by atoms with van der Waals surface area (Å²) in [6, 6.07) is 8.91. The molecule has 0 bridgehead atoms. The molecule has 1 saturated heterocycles. The summed E-state index contributed by atoms with van der Waals surface area (Å²) >= 11 is 0. The standard InChI is InChI=1S/C18H19NO3S.ClH/c1-19-9-6-12(7-10-19)18(21)14-5-3-2-4-13(14)16(20)17-15(18)8-11-23(17)22;/h2-5,8,11-12,21H,6-7,9-10H2,1H3;1H. The second-order valence-corrected chi connectivity index (χ2v) is 7.84. The lowest BCUT2D eigenvalue weighted by molar-refractivity contribution is -0.0129. The number of ketones is 1. The first-order valence-corrected chi connectivity index (χ1v) is 9.13. The number of aliphatic hydroxyl groups is 1. The fraction of sp³-hybridized carbons (Fsp3) is 0.389. The molecule has 0 amide bonds. The van der Waals surface area contributed by atoms with E-state index in [0.29, 0.717) is 16.7 Å². The Hall–Kier alpha value is -1.24. The molecular weight excluding hydrogens is 346 g/mol. The van der Waals surface area contributed by atoms with Gasteiger partial charge >= 0.3 is 0 Å². The van der Waals surface area contributed by atoms with Crippen molar-refractivity contribution < 1.29 is 14.5 Å². The molecule has 2 aliphatic rings. The fourth-order valence-corrected chi connectivity index (χ4v) is 5.17. The smallest absolute Gasteiger partial charge is 0.245 e. The predicted octanol–water partition coefficient (Wildman–Crippen LogP) is 2.96. The highest BCUT2D eigenvalue weighted by Gasteiger charge is 2.51. The van der Waals surface area contributed by atoms with Crippen molar-refractivity contribution in [3.63, 3.8) is 0 Å². The number of hydrogen-bond acceptors (Lipinski definition) is 4. The Kier molecular flexibility index (Phi) is 4.57. The highest BCUT2D eigenvalue weighted by molar-refractivity contribution is 7.25. The number of halogens is 1. The van der Waals surface area contributed by atoms with Crippen LogP contribution in [0.15, 0.2) is 35.7 Å². The van der Waals surface area contributed by atoms with Crippen LogP contribution >= 0.6 is 23.2 Å². The van der Waals surface area contributed by atoms with Crippen molar-refractivity contribution in [3.05, 3.63) is 57.3 Å². The first kappa shape index (κ1) is 17.6. The zero-order chi connectivity index (χ0) is 16.2. The topological polar surface area (TPSA) is 63.6 Å². The Morgan fingerprint density at radius 3 is 2.58 bits per heavy atom. The van der Waals surface area contributed by atoms with Crippen molar-refractivity contribution in [2.24, 2.45) is 5.92 Å². The van der Waals surface area contributed by atoms with Gasteiger partial charge in [-0.2, -0.15) is 0 Å². The van der Waals surface area contributed by atoms with Crippen LogP contribution in [0.25, 0.3) is 0 Å². The van der Waals surface area contributed by atoms with Gasteiger partial charge < -0.3 is 14.6 Å². The first-order chi connectivity index (χ1) is 11.0. The first-order valence-electron chi connectivity index (χ1n) is 7.92. The molecule has 1 aliphatic carbocycles. The summed E-state index contributed by atoms with van der Waals surface area (Å²) in [6.07, 6.45) is 1.71. The third-order valence-electron chi connectivity index (χ3n) is 5.31. The summed E-state index contributed by atoms with van der Waals surface area (Å²) in [4.78, 5) is 15.2. The number of thiophene rings is 1. The van der Waals surface area contributed by atoms with Crippen LogP contribution < -0.4 is 0 Å². The molecule has 1 fully saturated rings. The molecule has 6 heteroatoms. The van der Waals surface area contributed by atoms with Gasteiger partial charge in [0.2, 0.25) is 10.7 Å². The van der Waals surface area contributed by atoms with Crippen molar-refractivity contribution in [1.82, 2.24) is 4.90 Å². The average Bonchev–Trinajstić information content (AvgIpc) is 2.96. The molecule has 2 unspecified atom stereocenters. The molecule has 2 aromatic rings. The molecular formula is C18H20ClNO3S. The monoisotopic (exact) mass is 365 g/mol. The summed E-state index contributed by atoms with van der Waals surface area (Å²) < 4.78 is 12.3. The Bertz CT molecular complexity index is 782. The van der Waals surface area contributed by atoms with Gasteiger partial charge in [-0.05, 0) is 55.2 Å². The highest BCUT2D eigenvalue weighted by Crippen LogP contribution is 2.50. The number of benzene rings is 1. The molecule has 0 saturated carbocycles. The van der Waals surface area contributed by atoms with Gasteiger partial charge in [-0.15, -0.1) is 12.4 Å². The molecule has 4 rings (SSSR count). The third-order valence-corrected chi connectivity index (χ3v) is 6.50. The second-order valence-electron chi connectivity index (χ2n) is 6.56. The zero-order valence-electron chi connectivity index (χ0n) is 13.4. The normalized spacial score (nSPS) is 25.0. The number of carbonyl (C=O) groups is 1. The van der Waals surface area contributed by atoms with Gasteiger partial charge in [0, 0.05) is 11.6 Å². The van der Waals surface area contributed by atoms with Crippen molar-refractivity contribution in [1.29, 1.82) is 0 Å². The summed E-state index contributed by atoms with van der Waals surface area (Å²) in [5.74, 6) is -0.186. The molecule has 1 N–H and O–H groups in total. The maximum Gasteiger partial charge on any atom is 0.245 e. The van der Waals surface area contributed by atoms with E-state index in [4.69, 9.17) is 0 Å². The molecule has 1 aromatic heterocycles. The third kappa shape index (κ3) is 2.35. The van der Waals surface area contributed by atoms with Crippen LogP contribution in [0.3, 0.4) is 0 Å². The fourth-order valence-electron chi connectivity index (χ4n) is 4.04. The van der Waals surface area contributed by atoms with Crippen LogP contribution in [0, 0.1) is 5.92 Å². The van der Waals surface area contributed by atoms with Crippen molar-refractivity contribution >= 4 is 28.9 Å². The van der Waals surface area contributed by atoms with Gasteiger partial charge in [-0.25, -0.2) is 0 Å². The Morgan fingerprint density at radius 1 is 1.21 bits per heavy atom. The van der Waals surface area contributed by atoms with Gasteiger partial charge in [-0.3, -0.25) is 4.79 Å².